The molecule has 2 aliphatic rings. The Morgan fingerprint density at radius 3 is 2.88 bits per heavy atom. The fraction of sp³-hybridized carbons (Fsp3) is 0.765. The van der Waals surface area contributed by atoms with Gasteiger partial charge in [-0.1, -0.05) is 5.16 Å². The van der Waals surface area contributed by atoms with Crippen LogP contribution in [0.25, 0.3) is 0 Å². The molecule has 2 atom stereocenters. The standard InChI is InChI=1S/C17H26N4O3/c1-12(21-9-4-3-7-15(21)22)10-16(23)20-8-5-6-14(11-20)17-18-13(2)19-24-17/h12,14H,3-11H2,1-2H3/t12-,14+/m1/s1. The molecule has 0 aromatic carbocycles. The molecule has 1 aromatic heterocycles. The molecule has 2 fully saturated rings. The number of carbonyl (C=O) groups excluding carboxylic acids is 2. The van der Waals surface area contributed by atoms with E-state index in [0.29, 0.717) is 31.1 Å². The number of carbonyl (C=O) groups is 2. The molecule has 0 unspecified atom stereocenters. The molecule has 2 aliphatic heterocycles. The number of amides is 2. The summed E-state index contributed by atoms with van der Waals surface area (Å²) in [6.45, 7) is 5.95. The minimum atomic E-state index is -0.0312. The van der Waals surface area contributed by atoms with Gasteiger partial charge in [0.15, 0.2) is 5.82 Å². The Kier molecular flexibility index (Phi) is 5.16. The van der Waals surface area contributed by atoms with Crippen LogP contribution in [0.1, 0.15) is 63.1 Å². The van der Waals surface area contributed by atoms with Crippen LogP contribution < -0.4 is 0 Å². The first kappa shape index (κ1) is 16.9. The highest BCUT2D eigenvalue weighted by Gasteiger charge is 2.31. The monoisotopic (exact) mass is 334 g/mol. The molecule has 132 valence electrons. The van der Waals surface area contributed by atoms with E-state index >= 15 is 0 Å². The summed E-state index contributed by atoms with van der Waals surface area (Å²) in [6.07, 6.45) is 4.91. The number of hydrogen-bond acceptors (Lipinski definition) is 5. The van der Waals surface area contributed by atoms with Gasteiger partial charge in [-0.25, -0.2) is 0 Å². The lowest BCUT2D eigenvalue weighted by molar-refractivity contribution is -0.139. The predicted molar refractivity (Wildman–Crippen MR) is 87.2 cm³/mol. The minimum Gasteiger partial charge on any atom is -0.342 e. The SMILES string of the molecule is Cc1noc([C@H]2CCCN(C(=O)C[C@@H](C)N3CCCCC3=O)C2)n1. The van der Waals surface area contributed by atoms with E-state index in [1.165, 1.54) is 0 Å². The van der Waals surface area contributed by atoms with Gasteiger partial charge in [0.25, 0.3) is 0 Å². The maximum absolute atomic E-state index is 12.7. The van der Waals surface area contributed by atoms with E-state index in [1.807, 2.05) is 16.7 Å². The first-order valence-electron chi connectivity index (χ1n) is 8.92. The second kappa shape index (κ2) is 7.32. The smallest absolute Gasteiger partial charge is 0.231 e. The third kappa shape index (κ3) is 3.76. The van der Waals surface area contributed by atoms with Crippen LogP contribution in [-0.4, -0.2) is 57.4 Å². The lowest BCUT2D eigenvalue weighted by Crippen LogP contribution is -2.46. The lowest BCUT2D eigenvalue weighted by Gasteiger charge is -2.35. The molecule has 0 aliphatic carbocycles. The Hall–Kier alpha value is -1.92. The number of piperidine rings is 2. The number of nitrogens with zero attached hydrogens (tertiary/aromatic N) is 4. The molecule has 2 amide bonds. The van der Waals surface area contributed by atoms with Gasteiger partial charge in [-0.05, 0) is 39.5 Å². The topological polar surface area (TPSA) is 79.5 Å². The Balaban J connectivity index is 1.57. The molecule has 0 saturated carbocycles. The first-order valence-corrected chi connectivity index (χ1v) is 8.92. The minimum absolute atomic E-state index is 0.0312. The Morgan fingerprint density at radius 1 is 1.33 bits per heavy atom. The largest absolute Gasteiger partial charge is 0.342 e. The summed E-state index contributed by atoms with van der Waals surface area (Å²) in [4.78, 5) is 32.7. The molecule has 2 saturated heterocycles. The van der Waals surface area contributed by atoms with Crippen LogP contribution in [0.15, 0.2) is 4.52 Å². The van der Waals surface area contributed by atoms with Crippen molar-refractivity contribution in [3.05, 3.63) is 11.7 Å². The van der Waals surface area contributed by atoms with E-state index in [4.69, 9.17) is 4.52 Å². The summed E-state index contributed by atoms with van der Waals surface area (Å²) in [5.41, 5.74) is 0. The van der Waals surface area contributed by atoms with Gasteiger partial charge in [-0.3, -0.25) is 9.59 Å². The lowest BCUT2D eigenvalue weighted by atomic mass is 9.97. The number of aromatic nitrogens is 2. The van der Waals surface area contributed by atoms with Gasteiger partial charge in [0.1, 0.15) is 0 Å². The van der Waals surface area contributed by atoms with E-state index in [0.717, 1.165) is 38.8 Å². The Bertz CT molecular complexity index is 600. The van der Waals surface area contributed by atoms with Crippen LogP contribution in [0.3, 0.4) is 0 Å². The zero-order chi connectivity index (χ0) is 17.1. The summed E-state index contributed by atoms with van der Waals surface area (Å²) < 4.78 is 5.27. The highest BCUT2D eigenvalue weighted by atomic mass is 16.5. The van der Waals surface area contributed by atoms with Gasteiger partial charge in [-0.2, -0.15) is 4.98 Å². The molecule has 0 bridgehead atoms. The van der Waals surface area contributed by atoms with Crippen molar-refractivity contribution in [1.82, 2.24) is 19.9 Å². The van der Waals surface area contributed by atoms with E-state index in [9.17, 15) is 9.59 Å². The van der Waals surface area contributed by atoms with Crippen LogP contribution >= 0.6 is 0 Å². The molecule has 0 radical (unpaired) electrons. The van der Waals surface area contributed by atoms with E-state index in [2.05, 4.69) is 10.1 Å². The third-order valence-electron chi connectivity index (χ3n) is 5.03. The normalized spacial score (nSPS) is 23.4. The summed E-state index contributed by atoms with van der Waals surface area (Å²) in [5, 5.41) is 3.85. The average Bonchev–Trinajstić information content (AvgIpc) is 3.02. The fourth-order valence-corrected chi connectivity index (χ4v) is 3.67. The summed E-state index contributed by atoms with van der Waals surface area (Å²) in [7, 11) is 0. The second-order valence-corrected chi connectivity index (χ2v) is 6.96. The molecular weight excluding hydrogens is 308 g/mol. The van der Waals surface area contributed by atoms with Crippen molar-refractivity contribution in [3.8, 4) is 0 Å². The molecular formula is C17H26N4O3. The number of rotatable bonds is 4. The van der Waals surface area contributed by atoms with Crippen LogP contribution in [0, 0.1) is 6.92 Å². The highest BCUT2D eigenvalue weighted by molar-refractivity contribution is 5.80. The van der Waals surface area contributed by atoms with Crippen LogP contribution in [0.4, 0.5) is 0 Å². The molecule has 1 aromatic rings. The number of hydrogen-bond donors (Lipinski definition) is 0. The van der Waals surface area contributed by atoms with Gasteiger partial charge in [0.2, 0.25) is 17.7 Å². The summed E-state index contributed by atoms with van der Waals surface area (Å²) >= 11 is 0. The van der Waals surface area contributed by atoms with Crippen LogP contribution in [-0.2, 0) is 9.59 Å². The van der Waals surface area contributed by atoms with Crippen molar-refractivity contribution in [1.29, 1.82) is 0 Å². The summed E-state index contributed by atoms with van der Waals surface area (Å²) in [6, 6.07) is -0.0312. The maximum Gasteiger partial charge on any atom is 0.231 e. The number of likely N-dealkylation sites (tertiary alicyclic amines) is 2. The van der Waals surface area contributed by atoms with Gasteiger partial charge in [0, 0.05) is 38.5 Å². The average molecular weight is 334 g/mol. The maximum atomic E-state index is 12.7. The zero-order valence-corrected chi connectivity index (χ0v) is 14.5. The fourth-order valence-electron chi connectivity index (χ4n) is 3.67. The van der Waals surface area contributed by atoms with Gasteiger partial charge >= 0.3 is 0 Å². The summed E-state index contributed by atoms with van der Waals surface area (Å²) in [5.74, 6) is 1.67. The Labute approximate surface area is 142 Å². The first-order chi connectivity index (χ1) is 11.5. The van der Waals surface area contributed by atoms with Crippen molar-refractivity contribution >= 4 is 11.8 Å². The molecule has 24 heavy (non-hydrogen) atoms. The zero-order valence-electron chi connectivity index (χ0n) is 14.5. The number of aryl methyl sites for hydroxylation is 1. The van der Waals surface area contributed by atoms with Crippen molar-refractivity contribution in [2.45, 2.75) is 64.3 Å². The van der Waals surface area contributed by atoms with Gasteiger partial charge in [-0.15, -0.1) is 0 Å². The van der Waals surface area contributed by atoms with Gasteiger partial charge in [0.05, 0.1) is 5.92 Å². The van der Waals surface area contributed by atoms with E-state index < -0.39 is 0 Å². The van der Waals surface area contributed by atoms with Crippen molar-refractivity contribution in [2.24, 2.45) is 0 Å². The molecule has 7 heteroatoms. The highest BCUT2D eigenvalue weighted by Crippen LogP contribution is 2.26. The van der Waals surface area contributed by atoms with Crippen molar-refractivity contribution in [3.63, 3.8) is 0 Å². The van der Waals surface area contributed by atoms with Crippen molar-refractivity contribution < 1.29 is 14.1 Å². The van der Waals surface area contributed by atoms with Crippen molar-refractivity contribution in [2.75, 3.05) is 19.6 Å². The Morgan fingerprint density at radius 2 is 2.17 bits per heavy atom. The third-order valence-corrected chi connectivity index (χ3v) is 5.03. The van der Waals surface area contributed by atoms with E-state index in [-0.39, 0.29) is 23.8 Å². The molecule has 3 heterocycles. The second-order valence-electron chi connectivity index (χ2n) is 6.96. The predicted octanol–water partition coefficient (Wildman–Crippen LogP) is 1.88. The van der Waals surface area contributed by atoms with Crippen LogP contribution in [0.2, 0.25) is 0 Å². The molecule has 7 nitrogen and oxygen atoms in total. The molecule has 3 rings (SSSR count). The van der Waals surface area contributed by atoms with E-state index in [1.54, 1.807) is 6.92 Å². The molecule has 0 spiro atoms. The molecule has 0 N–H and O–H groups in total. The van der Waals surface area contributed by atoms with Gasteiger partial charge < -0.3 is 14.3 Å². The van der Waals surface area contributed by atoms with Crippen LogP contribution in [0.5, 0.6) is 0 Å². The quantitative estimate of drug-likeness (QED) is 0.840.